The van der Waals surface area contributed by atoms with Gasteiger partial charge in [0.2, 0.25) is 5.91 Å². The molecule has 1 fully saturated rings. The number of likely N-dealkylation sites (tertiary alicyclic amines) is 1. The molecule has 21 heavy (non-hydrogen) atoms. The molecule has 2 atom stereocenters. The Hall–Kier alpha value is -1.30. The van der Waals surface area contributed by atoms with Gasteiger partial charge in [0.25, 0.3) is 0 Å². The maximum Gasteiger partial charge on any atom is 0.242 e. The van der Waals surface area contributed by atoms with Gasteiger partial charge in [-0.3, -0.25) is 4.79 Å². The predicted molar refractivity (Wildman–Crippen MR) is 83.7 cm³/mol. The highest BCUT2D eigenvalue weighted by atomic mass is 35.5. The van der Waals surface area contributed by atoms with Crippen molar-refractivity contribution in [1.82, 2.24) is 4.90 Å². The lowest BCUT2D eigenvalue weighted by molar-refractivity contribution is -0.143. The molecule has 1 saturated heterocycles. The predicted octanol–water partition coefficient (Wildman–Crippen LogP) is 0.969. The van der Waals surface area contributed by atoms with Crippen LogP contribution in [0.3, 0.4) is 0 Å². The van der Waals surface area contributed by atoms with Crippen LogP contribution in [0.2, 0.25) is 0 Å². The van der Waals surface area contributed by atoms with Crippen molar-refractivity contribution in [3.8, 4) is 5.75 Å². The third-order valence-corrected chi connectivity index (χ3v) is 3.57. The molecule has 118 valence electrons. The number of carbonyl (C=O) groups is 1. The molecule has 1 heterocycles. The van der Waals surface area contributed by atoms with E-state index in [4.69, 9.17) is 10.5 Å². The van der Waals surface area contributed by atoms with Gasteiger partial charge in [0, 0.05) is 0 Å². The van der Waals surface area contributed by atoms with E-state index in [1.54, 1.807) is 4.90 Å². The Balaban J connectivity index is 0.00000220. The van der Waals surface area contributed by atoms with E-state index >= 15 is 0 Å². The highest BCUT2D eigenvalue weighted by Gasteiger charge is 2.35. The zero-order valence-electron chi connectivity index (χ0n) is 12.4. The van der Waals surface area contributed by atoms with E-state index in [1.807, 2.05) is 18.2 Å². The van der Waals surface area contributed by atoms with E-state index in [0.717, 1.165) is 12.2 Å². The van der Waals surface area contributed by atoms with E-state index in [9.17, 15) is 9.90 Å². The van der Waals surface area contributed by atoms with Gasteiger partial charge in [0.05, 0.1) is 19.2 Å². The van der Waals surface area contributed by atoms with Crippen molar-refractivity contribution in [2.75, 3.05) is 13.1 Å². The second-order valence-electron chi connectivity index (χ2n) is 5.25. The molecule has 0 spiro atoms. The van der Waals surface area contributed by atoms with Gasteiger partial charge in [-0.15, -0.1) is 12.4 Å². The number of nitrogens with zero attached hydrogens (tertiary/aromatic N) is 1. The lowest BCUT2D eigenvalue weighted by Gasteiger charge is -2.40. The molecule has 0 aromatic heterocycles. The molecule has 0 saturated carbocycles. The van der Waals surface area contributed by atoms with Gasteiger partial charge >= 0.3 is 0 Å². The third-order valence-electron chi connectivity index (χ3n) is 3.57. The second kappa shape index (κ2) is 7.64. The van der Waals surface area contributed by atoms with Gasteiger partial charge in [0.15, 0.2) is 0 Å². The van der Waals surface area contributed by atoms with Crippen LogP contribution in [0.1, 0.15) is 19.4 Å². The molecular weight excluding hydrogens is 292 g/mol. The number of amides is 1. The highest BCUT2D eigenvalue weighted by Crippen LogP contribution is 2.20. The minimum atomic E-state index is -0.848. The highest BCUT2D eigenvalue weighted by molar-refractivity contribution is 5.85. The smallest absolute Gasteiger partial charge is 0.242 e. The summed E-state index contributed by atoms with van der Waals surface area (Å²) < 4.78 is 5.82. The summed E-state index contributed by atoms with van der Waals surface area (Å²) >= 11 is 0. The number of aryl methyl sites for hydroxylation is 1. The van der Waals surface area contributed by atoms with Gasteiger partial charge in [-0.2, -0.15) is 0 Å². The number of nitrogens with two attached hydrogens (primary N) is 1. The molecule has 1 aliphatic heterocycles. The van der Waals surface area contributed by atoms with Crippen molar-refractivity contribution < 1.29 is 14.6 Å². The zero-order valence-corrected chi connectivity index (χ0v) is 13.2. The maximum atomic E-state index is 11.9. The number of aliphatic hydroxyl groups is 1. The standard InChI is InChI=1S/C15H22N2O3.ClH/c1-3-11-5-4-6-12(7-11)20-13-8-17(9-13)15(19)14(16)10(2)18;/h4-7,10,13-14,18H,3,8-9,16H2,1-2H3;1H/t10-,14+;/m1./s1. The van der Waals surface area contributed by atoms with Crippen molar-refractivity contribution in [3.05, 3.63) is 29.8 Å². The fourth-order valence-electron chi connectivity index (χ4n) is 2.14. The summed E-state index contributed by atoms with van der Waals surface area (Å²) in [6.45, 7) is 4.66. The van der Waals surface area contributed by atoms with Crippen LogP contribution >= 0.6 is 12.4 Å². The Morgan fingerprint density at radius 2 is 2.19 bits per heavy atom. The van der Waals surface area contributed by atoms with E-state index in [1.165, 1.54) is 12.5 Å². The summed E-state index contributed by atoms with van der Waals surface area (Å²) in [5.41, 5.74) is 6.85. The zero-order chi connectivity index (χ0) is 14.7. The van der Waals surface area contributed by atoms with Crippen molar-refractivity contribution in [2.24, 2.45) is 5.73 Å². The van der Waals surface area contributed by atoms with E-state index in [2.05, 4.69) is 13.0 Å². The minimum absolute atomic E-state index is 0. The number of aliphatic hydroxyl groups excluding tert-OH is 1. The van der Waals surface area contributed by atoms with Crippen molar-refractivity contribution in [2.45, 2.75) is 38.5 Å². The molecule has 0 aliphatic carbocycles. The molecule has 2 rings (SSSR count). The summed E-state index contributed by atoms with van der Waals surface area (Å²) in [5.74, 6) is 0.614. The largest absolute Gasteiger partial charge is 0.487 e. The fourth-order valence-corrected chi connectivity index (χ4v) is 2.14. The normalized spacial score (nSPS) is 17.4. The van der Waals surface area contributed by atoms with Gasteiger partial charge in [-0.1, -0.05) is 19.1 Å². The van der Waals surface area contributed by atoms with Gasteiger partial charge in [0.1, 0.15) is 17.9 Å². The van der Waals surface area contributed by atoms with Gasteiger partial charge in [-0.25, -0.2) is 0 Å². The molecule has 1 aliphatic rings. The van der Waals surface area contributed by atoms with Crippen LogP contribution in [-0.4, -0.2) is 47.3 Å². The first-order valence-corrected chi connectivity index (χ1v) is 6.99. The summed E-state index contributed by atoms with van der Waals surface area (Å²) in [5, 5.41) is 9.31. The van der Waals surface area contributed by atoms with Gasteiger partial charge in [-0.05, 0) is 31.0 Å². The Morgan fingerprint density at radius 1 is 1.52 bits per heavy atom. The fraction of sp³-hybridized carbons (Fsp3) is 0.533. The van der Waals surface area contributed by atoms with E-state index in [-0.39, 0.29) is 24.4 Å². The third kappa shape index (κ3) is 4.33. The molecule has 1 aromatic carbocycles. The molecule has 1 amide bonds. The first-order valence-electron chi connectivity index (χ1n) is 6.99. The Bertz CT molecular complexity index is 476. The monoisotopic (exact) mass is 314 g/mol. The van der Waals surface area contributed by atoms with Crippen LogP contribution in [0.15, 0.2) is 24.3 Å². The quantitative estimate of drug-likeness (QED) is 0.849. The Kier molecular flexibility index (Phi) is 6.45. The van der Waals surface area contributed by atoms with Crippen LogP contribution in [0.5, 0.6) is 5.75 Å². The summed E-state index contributed by atoms with van der Waals surface area (Å²) in [4.78, 5) is 13.5. The molecule has 6 heteroatoms. The van der Waals surface area contributed by atoms with Crippen molar-refractivity contribution in [1.29, 1.82) is 0 Å². The van der Waals surface area contributed by atoms with Crippen LogP contribution in [0, 0.1) is 0 Å². The van der Waals surface area contributed by atoms with Crippen LogP contribution in [-0.2, 0) is 11.2 Å². The lowest BCUT2D eigenvalue weighted by atomic mass is 10.1. The van der Waals surface area contributed by atoms with Crippen molar-refractivity contribution in [3.63, 3.8) is 0 Å². The Labute approximate surface area is 131 Å². The average molecular weight is 315 g/mol. The molecule has 0 radical (unpaired) electrons. The van der Waals surface area contributed by atoms with E-state index in [0.29, 0.717) is 13.1 Å². The number of hydrogen-bond acceptors (Lipinski definition) is 4. The topological polar surface area (TPSA) is 75.8 Å². The molecule has 3 N–H and O–H groups in total. The van der Waals surface area contributed by atoms with Crippen LogP contribution in [0.25, 0.3) is 0 Å². The Morgan fingerprint density at radius 3 is 2.76 bits per heavy atom. The number of hydrogen-bond donors (Lipinski definition) is 2. The molecule has 5 nitrogen and oxygen atoms in total. The lowest BCUT2D eigenvalue weighted by Crippen LogP contribution is -2.61. The summed E-state index contributed by atoms with van der Waals surface area (Å²) in [7, 11) is 0. The first-order chi connectivity index (χ1) is 9.51. The number of rotatable bonds is 5. The second-order valence-corrected chi connectivity index (χ2v) is 5.25. The first kappa shape index (κ1) is 17.8. The maximum absolute atomic E-state index is 11.9. The van der Waals surface area contributed by atoms with Crippen LogP contribution < -0.4 is 10.5 Å². The van der Waals surface area contributed by atoms with Crippen molar-refractivity contribution >= 4 is 18.3 Å². The molecule has 0 unspecified atom stereocenters. The summed E-state index contributed by atoms with van der Waals surface area (Å²) in [6.07, 6.45) is 0.145. The summed E-state index contributed by atoms with van der Waals surface area (Å²) in [6, 6.07) is 7.13. The van der Waals surface area contributed by atoms with Gasteiger partial charge < -0.3 is 20.5 Å². The molecule has 1 aromatic rings. The number of carbonyl (C=O) groups excluding carboxylic acids is 1. The molecular formula is C15H23ClN2O3. The van der Waals surface area contributed by atoms with Crippen LogP contribution in [0.4, 0.5) is 0 Å². The number of halogens is 1. The number of ether oxygens (including phenoxy) is 1. The van der Waals surface area contributed by atoms with E-state index < -0.39 is 12.1 Å². The minimum Gasteiger partial charge on any atom is -0.487 e. The number of benzene rings is 1. The average Bonchev–Trinajstić information content (AvgIpc) is 2.41. The molecule has 0 bridgehead atoms. The SMILES string of the molecule is CCc1cccc(OC2CN(C(=O)[C@@H](N)[C@@H](C)O)C2)c1.Cl.